The minimum atomic E-state index is -1.04. The van der Waals surface area contributed by atoms with E-state index in [1.54, 1.807) is 6.07 Å². The maximum Gasteiger partial charge on any atom is 0.412 e. The van der Waals surface area contributed by atoms with Gasteiger partial charge in [-0.1, -0.05) is 48.5 Å². The molecule has 0 aromatic heterocycles. The molecule has 0 bridgehead atoms. The predicted octanol–water partition coefficient (Wildman–Crippen LogP) is 5.79. The van der Waals surface area contributed by atoms with Crippen LogP contribution in [0.3, 0.4) is 0 Å². The number of aliphatic carboxylic acids is 1. The van der Waals surface area contributed by atoms with E-state index in [0.29, 0.717) is 30.5 Å². The van der Waals surface area contributed by atoms with E-state index in [1.165, 1.54) is 18.2 Å². The Hall–Kier alpha value is -3.87. The van der Waals surface area contributed by atoms with Crippen LogP contribution in [0, 0.1) is 5.82 Å². The first-order chi connectivity index (χ1) is 14.9. The SMILES string of the molecule is O=C(O)/C=C/CCC[C@H](OC(=O)Nc1cccc2ccccc12)c1ccc(O)c(F)c1. The zero-order valence-electron chi connectivity index (χ0n) is 16.6. The summed E-state index contributed by atoms with van der Waals surface area (Å²) in [5.41, 5.74) is 0.980. The fourth-order valence-corrected chi connectivity index (χ4v) is 3.23. The van der Waals surface area contributed by atoms with Gasteiger partial charge in [0.1, 0.15) is 6.10 Å². The molecule has 3 N–H and O–H groups in total. The first-order valence-electron chi connectivity index (χ1n) is 9.77. The predicted molar refractivity (Wildman–Crippen MR) is 115 cm³/mol. The molecule has 6 nitrogen and oxygen atoms in total. The number of anilines is 1. The van der Waals surface area contributed by atoms with Gasteiger partial charge in [0.15, 0.2) is 11.6 Å². The maximum absolute atomic E-state index is 13.8. The second-order valence-electron chi connectivity index (χ2n) is 6.93. The maximum atomic E-state index is 13.8. The van der Waals surface area contributed by atoms with E-state index in [1.807, 2.05) is 36.4 Å². The summed E-state index contributed by atoms with van der Waals surface area (Å²) >= 11 is 0. The number of amides is 1. The Balaban J connectivity index is 1.73. The summed E-state index contributed by atoms with van der Waals surface area (Å²) in [6.45, 7) is 0. The minimum absolute atomic E-state index is 0.344. The lowest BCUT2D eigenvalue weighted by Gasteiger charge is -2.19. The Morgan fingerprint density at radius 3 is 2.65 bits per heavy atom. The number of carboxylic acid groups (broad SMARTS) is 1. The van der Waals surface area contributed by atoms with Crippen molar-refractivity contribution < 1.29 is 28.9 Å². The summed E-state index contributed by atoms with van der Waals surface area (Å²) < 4.78 is 19.4. The highest BCUT2D eigenvalue weighted by Gasteiger charge is 2.19. The van der Waals surface area contributed by atoms with Gasteiger partial charge in [0.25, 0.3) is 0 Å². The summed E-state index contributed by atoms with van der Waals surface area (Å²) in [5.74, 6) is -2.35. The number of halogens is 1. The molecule has 0 saturated heterocycles. The summed E-state index contributed by atoms with van der Waals surface area (Å²) in [7, 11) is 0. The summed E-state index contributed by atoms with van der Waals surface area (Å²) in [6, 6.07) is 16.9. The molecule has 0 unspecified atom stereocenters. The Morgan fingerprint density at radius 1 is 1.10 bits per heavy atom. The molecule has 0 fully saturated rings. The van der Waals surface area contributed by atoms with Gasteiger partial charge in [-0.15, -0.1) is 0 Å². The average Bonchev–Trinajstić information content (AvgIpc) is 2.74. The third-order valence-corrected chi connectivity index (χ3v) is 4.72. The fraction of sp³-hybridized carbons (Fsp3) is 0.167. The van der Waals surface area contributed by atoms with Crippen LogP contribution in [0.4, 0.5) is 14.9 Å². The molecular formula is C24H22FNO5. The van der Waals surface area contributed by atoms with Gasteiger partial charge in [0, 0.05) is 11.5 Å². The van der Waals surface area contributed by atoms with Crippen LogP contribution in [0.5, 0.6) is 5.75 Å². The van der Waals surface area contributed by atoms with Gasteiger partial charge in [-0.3, -0.25) is 5.32 Å². The van der Waals surface area contributed by atoms with Crippen LogP contribution in [0.25, 0.3) is 10.8 Å². The van der Waals surface area contributed by atoms with Gasteiger partial charge in [0.05, 0.1) is 5.69 Å². The number of phenolic OH excluding ortho intramolecular Hbond substituents is 1. The van der Waals surface area contributed by atoms with E-state index in [2.05, 4.69) is 5.32 Å². The number of hydrogen-bond acceptors (Lipinski definition) is 4. The van der Waals surface area contributed by atoms with Gasteiger partial charge < -0.3 is 14.9 Å². The van der Waals surface area contributed by atoms with Crippen molar-refractivity contribution in [2.24, 2.45) is 0 Å². The summed E-state index contributed by atoms with van der Waals surface area (Å²) in [4.78, 5) is 23.2. The topological polar surface area (TPSA) is 95.9 Å². The van der Waals surface area contributed by atoms with E-state index in [-0.39, 0.29) is 0 Å². The zero-order chi connectivity index (χ0) is 22.2. The molecule has 3 aromatic carbocycles. The van der Waals surface area contributed by atoms with Gasteiger partial charge in [-0.2, -0.15) is 0 Å². The summed E-state index contributed by atoms with van der Waals surface area (Å²) in [5, 5.41) is 22.6. The number of aromatic hydroxyl groups is 1. The number of unbranched alkanes of at least 4 members (excludes halogenated alkanes) is 1. The Kier molecular flexibility index (Phi) is 7.22. The molecule has 3 aromatic rings. The molecule has 0 aliphatic rings. The highest BCUT2D eigenvalue weighted by atomic mass is 19.1. The highest BCUT2D eigenvalue weighted by Crippen LogP contribution is 2.29. The lowest BCUT2D eigenvalue weighted by molar-refractivity contribution is -0.131. The molecule has 0 radical (unpaired) electrons. The van der Waals surface area contributed by atoms with E-state index in [9.17, 15) is 19.1 Å². The molecule has 0 heterocycles. The molecule has 0 saturated carbocycles. The van der Waals surface area contributed by atoms with Gasteiger partial charge >= 0.3 is 12.1 Å². The van der Waals surface area contributed by atoms with Crippen LogP contribution < -0.4 is 5.32 Å². The smallest absolute Gasteiger partial charge is 0.412 e. The van der Waals surface area contributed by atoms with Crippen LogP contribution in [-0.4, -0.2) is 22.3 Å². The number of ether oxygens (including phenoxy) is 1. The fourth-order valence-electron chi connectivity index (χ4n) is 3.23. The monoisotopic (exact) mass is 423 g/mol. The number of carbonyl (C=O) groups excluding carboxylic acids is 1. The average molecular weight is 423 g/mol. The first kappa shape index (κ1) is 21.8. The van der Waals surface area contributed by atoms with Crippen LogP contribution in [0.15, 0.2) is 72.8 Å². The third kappa shape index (κ3) is 6.05. The third-order valence-electron chi connectivity index (χ3n) is 4.72. The Bertz CT molecular complexity index is 1110. The number of carboxylic acids is 1. The van der Waals surface area contributed by atoms with Crippen molar-refractivity contribution >= 4 is 28.5 Å². The molecule has 1 amide bonds. The molecule has 0 aliphatic heterocycles. The summed E-state index contributed by atoms with van der Waals surface area (Å²) in [6.07, 6.45) is 2.39. The largest absolute Gasteiger partial charge is 0.505 e. The van der Waals surface area contributed by atoms with Crippen LogP contribution in [0.1, 0.15) is 30.9 Å². The number of hydrogen-bond donors (Lipinski definition) is 3. The first-order valence-corrected chi connectivity index (χ1v) is 9.77. The highest BCUT2D eigenvalue weighted by molar-refractivity contribution is 6.00. The van der Waals surface area contributed by atoms with Crippen molar-refractivity contribution in [2.75, 3.05) is 5.32 Å². The van der Waals surface area contributed by atoms with Crippen molar-refractivity contribution in [3.8, 4) is 5.75 Å². The normalized spacial score (nSPS) is 12.0. The van der Waals surface area contributed by atoms with E-state index in [0.717, 1.165) is 22.9 Å². The lowest BCUT2D eigenvalue weighted by atomic mass is 10.0. The Morgan fingerprint density at radius 2 is 1.87 bits per heavy atom. The van der Waals surface area contributed by atoms with E-state index >= 15 is 0 Å². The minimum Gasteiger partial charge on any atom is -0.505 e. The zero-order valence-corrected chi connectivity index (χ0v) is 16.6. The molecular weight excluding hydrogens is 401 g/mol. The number of carbonyl (C=O) groups is 2. The molecule has 0 spiro atoms. The van der Waals surface area contributed by atoms with Gasteiger partial charge in [-0.25, -0.2) is 14.0 Å². The molecule has 3 rings (SSSR count). The van der Waals surface area contributed by atoms with Crippen molar-refractivity contribution in [3.05, 3.63) is 84.2 Å². The molecule has 160 valence electrons. The van der Waals surface area contributed by atoms with E-state index in [4.69, 9.17) is 9.84 Å². The van der Waals surface area contributed by atoms with Crippen LogP contribution >= 0.6 is 0 Å². The second-order valence-corrected chi connectivity index (χ2v) is 6.93. The van der Waals surface area contributed by atoms with Crippen molar-refractivity contribution in [2.45, 2.75) is 25.4 Å². The van der Waals surface area contributed by atoms with E-state index < -0.39 is 29.7 Å². The van der Waals surface area contributed by atoms with Crippen molar-refractivity contribution in [3.63, 3.8) is 0 Å². The Labute approximate surface area is 178 Å². The number of allylic oxidation sites excluding steroid dienone is 1. The number of fused-ring (bicyclic) bond motifs is 1. The van der Waals surface area contributed by atoms with Crippen LogP contribution in [-0.2, 0) is 9.53 Å². The molecule has 0 aliphatic carbocycles. The molecule has 31 heavy (non-hydrogen) atoms. The lowest BCUT2D eigenvalue weighted by Crippen LogP contribution is -2.18. The standard InChI is InChI=1S/C24H22FNO5/c25-19-15-17(13-14-21(19)27)22(11-2-1-3-12-23(28)29)31-24(30)26-20-10-6-8-16-7-4-5-9-18(16)20/h3-10,12-15,22,27H,1-2,11H2,(H,26,30)(H,28,29)/b12-3+/t22-/m0/s1. The number of benzene rings is 3. The number of rotatable bonds is 8. The number of phenols is 1. The van der Waals surface area contributed by atoms with Crippen molar-refractivity contribution in [1.29, 1.82) is 0 Å². The number of nitrogens with one attached hydrogen (secondary N) is 1. The van der Waals surface area contributed by atoms with Crippen LogP contribution in [0.2, 0.25) is 0 Å². The van der Waals surface area contributed by atoms with Gasteiger partial charge in [0.2, 0.25) is 0 Å². The second kappa shape index (κ2) is 10.2. The molecule has 1 atom stereocenters. The quantitative estimate of drug-likeness (QED) is 0.315. The van der Waals surface area contributed by atoms with Gasteiger partial charge in [-0.05, 0) is 48.4 Å². The van der Waals surface area contributed by atoms with Crippen molar-refractivity contribution in [1.82, 2.24) is 0 Å². The molecule has 7 heteroatoms.